The van der Waals surface area contributed by atoms with Crippen molar-refractivity contribution in [2.45, 2.75) is 13.8 Å². The molecule has 0 bridgehead atoms. The number of halogens is 1. The van der Waals surface area contributed by atoms with Crippen molar-refractivity contribution in [3.05, 3.63) is 27.0 Å². The number of carbonyl (C=O) groups is 2. The van der Waals surface area contributed by atoms with Crippen LogP contribution in [0.5, 0.6) is 5.88 Å². The molecular formula is C14H15BrN4O4S. The van der Waals surface area contributed by atoms with Gasteiger partial charge in [-0.3, -0.25) is 10.6 Å². The van der Waals surface area contributed by atoms with Gasteiger partial charge in [-0.15, -0.1) is 21.5 Å². The first-order valence-corrected chi connectivity index (χ1v) is 8.49. The maximum atomic E-state index is 12.1. The highest BCUT2D eigenvalue weighted by atomic mass is 79.9. The Bertz CT molecular complexity index is 748. The smallest absolute Gasteiger partial charge is 0.341 e. The predicted octanol–water partition coefficient (Wildman–Crippen LogP) is 3.44. The average molecular weight is 415 g/mol. The summed E-state index contributed by atoms with van der Waals surface area (Å²) in [6, 6.07) is 2.57. The summed E-state index contributed by atoms with van der Waals surface area (Å²) < 4.78 is 10.7. The first-order valence-electron chi connectivity index (χ1n) is 6.88. The van der Waals surface area contributed by atoms with Crippen LogP contribution < -0.4 is 15.4 Å². The SMILES string of the molecule is CCOC(=O)c1c(NC(=O)Nc2ccc(OC)nn2)sc(Br)c1C. The highest BCUT2D eigenvalue weighted by Crippen LogP contribution is 2.37. The van der Waals surface area contributed by atoms with Gasteiger partial charge in [-0.1, -0.05) is 0 Å². The molecule has 0 atom stereocenters. The van der Waals surface area contributed by atoms with Crippen LogP contribution in [0.3, 0.4) is 0 Å². The van der Waals surface area contributed by atoms with Gasteiger partial charge in [0.2, 0.25) is 5.88 Å². The molecule has 24 heavy (non-hydrogen) atoms. The zero-order chi connectivity index (χ0) is 17.7. The van der Waals surface area contributed by atoms with Crippen LogP contribution in [0, 0.1) is 6.92 Å². The van der Waals surface area contributed by atoms with Crippen LogP contribution in [0.1, 0.15) is 22.8 Å². The van der Waals surface area contributed by atoms with E-state index in [9.17, 15) is 9.59 Å². The third-order valence-corrected chi connectivity index (χ3v) is 4.96. The molecule has 0 aliphatic heterocycles. The van der Waals surface area contributed by atoms with E-state index >= 15 is 0 Å². The molecule has 2 aromatic heterocycles. The van der Waals surface area contributed by atoms with Crippen molar-refractivity contribution in [3.8, 4) is 5.88 Å². The molecule has 0 spiro atoms. The molecule has 2 N–H and O–H groups in total. The van der Waals surface area contributed by atoms with E-state index in [1.165, 1.54) is 18.4 Å². The van der Waals surface area contributed by atoms with Crippen molar-refractivity contribution < 1.29 is 19.1 Å². The maximum Gasteiger partial charge on any atom is 0.341 e. The Labute approximate surface area is 150 Å². The number of carbonyl (C=O) groups excluding carboxylic acids is 2. The van der Waals surface area contributed by atoms with E-state index in [1.54, 1.807) is 26.0 Å². The second-order valence-corrected chi connectivity index (χ2v) is 6.80. The molecule has 10 heteroatoms. The number of nitrogens with one attached hydrogen (secondary N) is 2. The van der Waals surface area contributed by atoms with Gasteiger partial charge in [0.15, 0.2) is 5.82 Å². The summed E-state index contributed by atoms with van der Waals surface area (Å²) in [5, 5.41) is 13.1. The molecule has 0 aliphatic rings. The quantitative estimate of drug-likeness (QED) is 0.726. The van der Waals surface area contributed by atoms with Gasteiger partial charge in [-0.25, -0.2) is 9.59 Å². The van der Waals surface area contributed by atoms with Crippen LogP contribution in [0.2, 0.25) is 0 Å². The van der Waals surface area contributed by atoms with Crippen LogP contribution in [0.4, 0.5) is 15.6 Å². The Balaban J connectivity index is 2.13. The molecule has 0 saturated carbocycles. The number of rotatable bonds is 5. The molecule has 8 nitrogen and oxygen atoms in total. The van der Waals surface area contributed by atoms with Crippen LogP contribution in [-0.4, -0.2) is 35.9 Å². The third kappa shape index (κ3) is 4.20. The van der Waals surface area contributed by atoms with Crippen molar-refractivity contribution in [2.75, 3.05) is 24.4 Å². The number of anilines is 2. The Morgan fingerprint density at radius 1 is 1.29 bits per heavy atom. The van der Waals surface area contributed by atoms with Crippen molar-refractivity contribution in [1.29, 1.82) is 0 Å². The molecule has 2 amide bonds. The van der Waals surface area contributed by atoms with E-state index in [0.29, 0.717) is 22.0 Å². The van der Waals surface area contributed by atoms with Crippen LogP contribution >= 0.6 is 27.3 Å². The lowest BCUT2D eigenvalue weighted by molar-refractivity contribution is 0.0527. The first-order chi connectivity index (χ1) is 11.5. The summed E-state index contributed by atoms with van der Waals surface area (Å²) >= 11 is 4.59. The number of amides is 2. The summed E-state index contributed by atoms with van der Waals surface area (Å²) in [7, 11) is 1.47. The van der Waals surface area contributed by atoms with E-state index in [1.807, 2.05) is 0 Å². The average Bonchev–Trinajstić information content (AvgIpc) is 2.82. The molecular weight excluding hydrogens is 400 g/mol. The topological polar surface area (TPSA) is 102 Å². The Morgan fingerprint density at radius 3 is 2.62 bits per heavy atom. The second-order valence-electron chi connectivity index (χ2n) is 4.47. The van der Waals surface area contributed by atoms with Gasteiger partial charge in [0.25, 0.3) is 0 Å². The molecule has 0 aliphatic carbocycles. The molecule has 0 fully saturated rings. The second kappa shape index (κ2) is 8.06. The monoisotopic (exact) mass is 414 g/mol. The molecule has 128 valence electrons. The Hall–Kier alpha value is -2.20. The van der Waals surface area contributed by atoms with E-state index in [0.717, 1.165) is 3.79 Å². The standard InChI is InChI=1S/C14H15BrN4O4S/c1-4-23-13(20)10-7(2)11(15)24-12(10)17-14(21)16-8-5-6-9(22-3)19-18-8/h5-6H,4H2,1-3H3,(H2,16,17,18,21). The number of hydrogen-bond acceptors (Lipinski definition) is 7. The third-order valence-electron chi connectivity index (χ3n) is 2.89. The summed E-state index contributed by atoms with van der Waals surface area (Å²) in [5.74, 6) is 0.0955. The number of hydrogen-bond donors (Lipinski definition) is 2. The van der Waals surface area contributed by atoms with Gasteiger partial charge < -0.3 is 9.47 Å². The van der Waals surface area contributed by atoms with Crippen LogP contribution in [0.25, 0.3) is 0 Å². The number of ether oxygens (including phenoxy) is 2. The van der Waals surface area contributed by atoms with Crippen molar-refractivity contribution >= 4 is 50.1 Å². The molecule has 0 aromatic carbocycles. The molecule has 2 rings (SSSR count). The zero-order valence-electron chi connectivity index (χ0n) is 13.2. The Morgan fingerprint density at radius 2 is 2.04 bits per heavy atom. The fraction of sp³-hybridized carbons (Fsp3) is 0.286. The van der Waals surface area contributed by atoms with Gasteiger partial charge in [-0.05, 0) is 41.4 Å². The molecule has 0 radical (unpaired) electrons. The fourth-order valence-electron chi connectivity index (χ4n) is 1.77. The number of esters is 1. The summed E-state index contributed by atoms with van der Waals surface area (Å²) in [6.45, 7) is 3.74. The van der Waals surface area contributed by atoms with E-state index < -0.39 is 12.0 Å². The highest BCUT2D eigenvalue weighted by Gasteiger charge is 2.22. The van der Waals surface area contributed by atoms with Crippen molar-refractivity contribution in [3.63, 3.8) is 0 Å². The number of aromatic nitrogens is 2. The van der Waals surface area contributed by atoms with E-state index in [2.05, 4.69) is 36.8 Å². The fourth-order valence-corrected chi connectivity index (χ4v) is 3.37. The molecule has 2 heterocycles. The van der Waals surface area contributed by atoms with Gasteiger partial charge in [0.05, 0.1) is 23.1 Å². The number of urea groups is 1. The normalized spacial score (nSPS) is 10.2. The minimum atomic E-state index is -0.547. The first kappa shape index (κ1) is 18.1. The van der Waals surface area contributed by atoms with Gasteiger partial charge >= 0.3 is 12.0 Å². The lowest BCUT2D eigenvalue weighted by Gasteiger charge is -2.08. The van der Waals surface area contributed by atoms with Crippen molar-refractivity contribution in [2.24, 2.45) is 0 Å². The molecule has 0 unspecified atom stereocenters. The zero-order valence-corrected chi connectivity index (χ0v) is 15.6. The van der Waals surface area contributed by atoms with Gasteiger partial charge in [0, 0.05) is 6.07 Å². The number of nitrogens with zero attached hydrogens (tertiary/aromatic N) is 2. The lowest BCUT2D eigenvalue weighted by Crippen LogP contribution is -2.21. The lowest BCUT2D eigenvalue weighted by atomic mass is 10.2. The summed E-state index contributed by atoms with van der Waals surface area (Å²) in [4.78, 5) is 24.2. The van der Waals surface area contributed by atoms with Crippen molar-refractivity contribution in [1.82, 2.24) is 10.2 Å². The minimum Gasteiger partial charge on any atom is -0.480 e. The largest absolute Gasteiger partial charge is 0.480 e. The highest BCUT2D eigenvalue weighted by molar-refractivity contribution is 9.11. The van der Waals surface area contributed by atoms with Crippen LogP contribution in [-0.2, 0) is 4.74 Å². The Kier molecular flexibility index (Phi) is 6.10. The van der Waals surface area contributed by atoms with E-state index in [4.69, 9.17) is 9.47 Å². The predicted molar refractivity (Wildman–Crippen MR) is 93.9 cm³/mol. The molecule has 0 saturated heterocycles. The number of methoxy groups -OCH3 is 1. The van der Waals surface area contributed by atoms with Crippen LogP contribution in [0.15, 0.2) is 15.9 Å². The minimum absolute atomic E-state index is 0.248. The summed E-state index contributed by atoms with van der Waals surface area (Å²) in [6.07, 6.45) is 0. The van der Waals surface area contributed by atoms with E-state index in [-0.39, 0.29) is 12.4 Å². The van der Waals surface area contributed by atoms with Gasteiger partial charge in [0.1, 0.15) is 5.00 Å². The maximum absolute atomic E-state index is 12.1. The molecule has 2 aromatic rings. The summed E-state index contributed by atoms with van der Waals surface area (Å²) in [5.41, 5.74) is 1.03. The van der Waals surface area contributed by atoms with Gasteiger partial charge in [-0.2, -0.15) is 0 Å². The number of thiophene rings is 1.